The molecule has 0 radical (unpaired) electrons. The molecule has 2 unspecified atom stereocenters. The number of esters is 1. The fourth-order valence-corrected chi connectivity index (χ4v) is 2.16. The quantitative estimate of drug-likeness (QED) is 0.536. The molecule has 4 nitrogen and oxygen atoms in total. The molecule has 4 heteroatoms. The minimum atomic E-state index is -0.0906. The Bertz CT molecular complexity index is 208. The molecule has 0 spiro atoms. The zero-order valence-electron chi connectivity index (χ0n) is 9.61. The Balaban J connectivity index is 2.31. The molecule has 1 fully saturated rings. The zero-order valence-corrected chi connectivity index (χ0v) is 9.61. The van der Waals surface area contributed by atoms with Crippen molar-refractivity contribution in [3.63, 3.8) is 0 Å². The average Bonchev–Trinajstić information content (AvgIpc) is 2.59. The number of nitrogens with zero attached hydrogens (tertiary/aromatic N) is 1. The van der Waals surface area contributed by atoms with E-state index in [4.69, 9.17) is 9.84 Å². The molecule has 0 aliphatic carbocycles. The Morgan fingerprint density at radius 1 is 1.47 bits per heavy atom. The summed E-state index contributed by atoms with van der Waals surface area (Å²) < 4.78 is 4.77. The smallest absolute Gasteiger partial charge is 0.310 e. The first-order valence-electron chi connectivity index (χ1n) is 5.60. The Labute approximate surface area is 91.2 Å². The molecule has 1 aliphatic rings. The van der Waals surface area contributed by atoms with Crippen LogP contribution in [-0.2, 0) is 9.53 Å². The molecule has 0 aromatic rings. The van der Waals surface area contributed by atoms with E-state index in [-0.39, 0.29) is 18.5 Å². The summed E-state index contributed by atoms with van der Waals surface area (Å²) in [6.07, 6.45) is 1.84. The molecule has 1 heterocycles. The van der Waals surface area contributed by atoms with Gasteiger partial charge in [0.05, 0.1) is 13.0 Å². The Morgan fingerprint density at radius 2 is 2.20 bits per heavy atom. The number of carbonyl (C=O) groups excluding carboxylic acids is 1. The first-order valence-corrected chi connectivity index (χ1v) is 5.60. The number of methoxy groups -OCH3 is 1. The highest BCUT2D eigenvalue weighted by Crippen LogP contribution is 2.24. The van der Waals surface area contributed by atoms with E-state index in [9.17, 15) is 4.79 Å². The monoisotopic (exact) mass is 215 g/mol. The van der Waals surface area contributed by atoms with Gasteiger partial charge in [-0.25, -0.2) is 0 Å². The minimum Gasteiger partial charge on any atom is -0.469 e. The van der Waals surface area contributed by atoms with Gasteiger partial charge >= 0.3 is 5.97 Å². The summed E-state index contributed by atoms with van der Waals surface area (Å²) in [5.41, 5.74) is 0. The highest BCUT2D eigenvalue weighted by atomic mass is 16.5. The van der Waals surface area contributed by atoms with Gasteiger partial charge in [0.15, 0.2) is 0 Å². The van der Waals surface area contributed by atoms with Crippen LogP contribution >= 0.6 is 0 Å². The van der Waals surface area contributed by atoms with Crippen LogP contribution in [0.1, 0.15) is 19.8 Å². The van der Waals surface area contributed by atoms with Crippen molar-refractivity contribution in [3.8, 4) is 0 Å². The van der Waals surface area contributed by atoms with Crippen LogP contribution < -0.4 is 0 Å². The van der Waals surface area contributed by atoms with E-state index in [0.29, 0.717) is 5.92 Å². The van der Waals surface area contributed by atoms with Gasteiger partial charge < -0.3 is 14.7 Å². The van der Waals surface area contributed by atoms with Gasteiger partial charge in [0, 0.05) is 19.7 Å². The summed E-state index contributed by atoms with van der Waals surface area (Å²) in [5, 5.41) is 8.68. The van der Waals surface area contributed by atoms with Crippen LogP contribution in [0.5, 0.6) is 0 Å². The number of likely N-dealkylation sites (tertiary alicyclic amines) is 1. The van der Waals surface area contributed by atoms with Gasteiger partial charge in [-0.1, -0.05) is 6.92 Å². The second-order valence-corrected chi connectivity index (χ2v) is 4.30. The molecule has 1 aliphatic heterocycles. The third kappa shape index (κ3) is 3.47. The van der Waals surface area contributed by atoms with Crippen molar-refractivity contribution in [1.82, 2.24) is 4.90 Å². The summed E-state index contributed by atoms with van der Waals surface area (Å²) >= 11 is 0. The summed E-state index contributed by atoms with van der Waals surface area (Å²) in [4.78, 5) is 13.7. The summed E-state index contributed by atoms with van der Waals surface area (Å²) in [5.74, 6) is 0.322. The lowest BCUT2D eigenvalue weighted by Gasteiger charge is -2.14. The van der Waals surface area contributed by atoms with Gasteiger partial charge in [0.2, 0.25) is 0 Å². The van der Waals surface area contributed by atoms with E-state index in [2.05, 4.69) is 11.8 Å². The van der Waals surface area contributed by atoms with Crippen LogP contribution in [0.15, 0.2) is 0 Å². The van der Waals surface area contributed by atoms with Gasteiger partial charge in [0.1, 0.15) is 0 Å². The number of carbonyl (C=O) groups is 1. The zero-order chi connectivity index (χ0) is 11.3. The predicted octanol–water partition coefficient (Wildman–Crippen LogP) is 0.500. The van der Waals surface area contributed by atoms with E-state index in [1.54, 1.807) is 0 Å². The van der Waals surface area contributed by atoms with Gasteiger partial charge in [-0.15, -0.1) is 0 Å². The standard InChI is InChI=1S/C11H21NO3/c1-9-7-12(5-3-4-6-13)8-10(9)11(14)15-2/h9-10,13H,3-8H2,1-2H3. The van der Waals surface area contributed by atoms with Crippen molar-refractivity contribution >= 4 is 5.97 Å². The van der Waals surface area contributed by atoms with Crippen molar-refractivity contribution in [2.45, 2.75) is 19.8 Å². The largest absolute Gasteiger partial charge is 0.469 e. The van der Waals surface area contributed by atoms with Crippen LogP contribution in [0.4, 0.5) is 0 Å². The first-order chi connectivity index (χ1) is 7.19. The van der Waals surface area contributed by atoms with E-state index >= 15 is 0 Å². The maximum Gasteiger partial charge on any atom is 0.310 e. The number of hydrogen-bond donors (Lipinski definition) is 1. The third-order valence-electron chi connectivity index (χ3n) is 3.07. The van der Waals surface area contributed by atoms with E-state index in [1.165, 1.54) is 7.11 Å². The molecule has 0 aromatic carbocycles. The van der Waals surface area contributed by atoms with Gasteiger partial charge in [-0.05, 0) is 25.3 Å². The van der Waals surface area contributed by atoms with Crippen LogP contribution in [0.25, 0.3) is 0 Å². The van der Waals surface area contributed by atoms with Crippen LogP contribution in [0.2, 0.25) is 0 Å². The molecule has 1 rings (SSSR count). The van der Waals surface area contributed by atoms with Crippen LogP contribution in [-0.4, -0.2) is 49.3 Å². The van der Waals surface area contributed by atoms with Gasteiger partial charge in [-0.2, -0.15) is 0 Å². The Hall–Kier alpha value is -0.610. The molecule has 0 amide bonds. The number of ether oxygens (including phenoxy) is 1. The third-order valence-corrected chi connectivity index (χ3v) is 3.07. The molecule has 15 heavy (non-hydrogen) atoms. The highest BCUT2D eigenvalue weighted by molar-refractivity contribution is 5.73. The second kappa shape index (κ2) is 6.08. The molecule has 1 saturated heterocycles. The van der Waals surface area contributed by atoms with Crippen LogP contribution in [0.3, 0.4) is 0 Å². The Morgan fingerprint density at radius 3 is 2.80 bits per heavy atom. The van der Waals surface area contributed by atoms with Gasteiger partial charge in [0.25, 0.3) is 0 Å². The maximum absolute atomic E-state index is 11.4. The lowest BCUT2D eigenvalue weighted by atomic mass is 9.99. The van der Waals surface area contributed by atoms with Crippen molar-refractivity contribution in [2.75, 3.05) is 33.4 Å². The highest BCUT2D eigenvalue weighted by Gasteiger charge is 2.34. The molecule has 0 bridgehead atoms. The molecular weight excluding hydrogens is 194 g/mol. The lowest BCUT2D eigenvalue weighted by Crippen LogP contribution is -2.25. The van der Waals surface area contributed by atoms with E-state index in [0.717, 1.165) is 32.5 Å². The lowest BCUT2D eigenvalue weighted by molar-refractivity contribution is -0.146. The predicted molar refractivity (Wildman–Crippen MR) is 57.4 cm³/mol. The fraction of sp³-hybridized carbons (Fsp3) is 0.909. The minimum absolute atomic E-state index is 0.0316. The SMILES string of the molecule is COC(=O)C1CN(CCCCO)CC1C. The fourth-order valence-electron chi connectivity index (χ4n) is 2.16. The molecule has 0 aromatic heterocycles. The van der Waals surface area contributed by atoms with Crippen LogP contribution in [0, 0.1) is 11.8 Å². The van der Waals surface area contributed by atoms with Crippen molar-refractivity contribution in [3.05, 3.63) is 0 Å². The average molecular weight is 215 g/mol. The number of aliphatic hydroxyl groups excluding tert-OH is 1. The van der Waals surface area contributed by atoms with Crippen molar-refractivity contribution in [2.24, 2.45) is 11.8 Å². The molecule has 2 atom stereocenters. The first kappa shape index (κ1) is 12.5. The van der Waals surface area contributed by atoms with E-state index in [1.807, 2.05) is 0 Å². The number of rotatable bonds is 5. The summed E-state index contributed by atoms with van der Waals surface area (Å²) in [6, 6.07) is 0. The Kier molecular flexibility index (Phi) is 5.05. The molecule has 88 valence electrons. The van der Waals surface area contributed by atoms with Gasteiger partial charge in [-0.3, -0.25) is 4.79 Å². The molecular formula is C11H21NO3. The maximum atomic E-state index is 11.4. The number of hydrogen-bond acceptors (Lipinski definition) is 4. The summed E-state index contributed by atoms with van der Waals surface area (Å²) in [7, 11) is 1.45. The topological polar surface area (TPSA) is 49.8 Å². The molecule has 1 N–H and O–H groups in total. The van der Waals surface area contributed by atoms with Crippen molar-refractivity contribution in [1.29, 1.82) is 0 Å². The number of unbranched alkanes of at least 4 members (excludes halogenated alkanes) is 1. The van der Waals surface area contributed by atoms with Crippen molar-refractivity contribution < 1.29 is 14.6 Å². The number of aliphatic hydroxyl groups is 1. The summed E-state index contributed by atoms with van der Waals surface area (Å²) in [6.45, 7) is 5.08. The normalized spacial score (nSPS) is 26.9. The molecule has 0 saturated carbocycles. The van der Waals surface area contributed by atoms with E-state index < -0.39 is 0 Å². The second-order valence-electron chi connectivity index (χ2n) is 4.30.